The molecule has 0 unspecified atom stereocenters. The van der Waals surface area contributed by atoms with Crippen LogP contribution in [-0.2, 0) is 0 Å². The Kier molecular flexibility index (Phi) is 4.75. The largest absolute Gasteiger partial charge is 0.289 e. The molecule has 0 fully saturated rings. The van der Waals surface area contributed by atoms with Gasteiger partial charge in [-0.25, -0.2) is 10.4 Å². The third-order valence-electron chi connectivity index (χ3n) is 4.08. The smallest absolute Gasteiger partial charge is 0.271 e. The van der Waals surface area contributed by atoms with E-state index in [1.165, 1.54) is 11.3 Å². The number of halogens is 1. The lowest BCUT2D eigenvalue weighted by molar-refractivity contribution is 0.0955. The molecule has 2 aromatic heterocycles. The third-order valence-corrected chi connectivity index (χ3v) is 5.09. The van der Waals surface area contributed by atoms with Crippen LogP contribution in [0, 0.1) is 6.92 Å². The molecule has 0 aliphatic rings. The van der Waals surface area contributed by atoms with Crippen molar-refractivity contribution < 1.29 is 4.79 Å². The zero-order valence-electron chi connectivity index (χ0n) is 14.4. The minimum atomic E-state index is -0.259. The van der Waals surface area contributed by atoms with Crippen LogP contribution in [-0.4, -0.2) is 21.5 Å². The van der Waals surface area contributed by atoms with Gasteiger partial charge in [0.15, 0.2) is 4.96 Å². The van der Waals surface area contributed by atoms with E-state index in [1.807, 2.05) is 59.3 Å². The maximum absolute atomic E-state index is 12.2. The van der Waals surface area contributed by atoms with Crippen LogP contribution >= 0.6 is 22.9 Å². The third kappa shape index (κ3) is 3.63. The Morgan fingerprint density at radius 3 is 2.67 bits per heavy atom. The second-order valence-electron chi connectivity index (χ2n) is 5.97. The summed E-state index contributed by atoms with van der Waals surface area (Å²) < 4.78 is 1.94. The molecule has 27 heavy (non-hydrogen) atoms. The van der Waals surface area contributed by atoms with Gasteiger partial charge in [-0.1, -0.05) is 41.4 Å². The normalized spacial score (nSPS) is 11.3. The topological polar surface area (TPSA) is 58.8 Å². The van der Waals surface area contributed by atoms with Crippen LogP contribution in [0.4, 0.5) is 0 Å². The standard InChI is InChI=1S/C20H15ClN4OS/c1-13-2-4-15(5-3-13)19(26)24-22-12-17-18(14-6-8-16(21)9-7-14)23-20-25(17)10-11-27-20/h2-12H,1H3,(H,24,26)/b22-12+. The number of hydrogen-bond donors (Lipinski definition) is 1. The van der Waals surface area contributed by atoms with Gasteiger partial charge in [0.25, 0.3) is 5.91 Å². The molecule has 1 amide bonds. The summed E-state index contributed by atoms with van der Waals surface area (Å²) in [6, 6.07) is 14.8. The van der Waals surface area contributed by atoms with E-state index in [1.54, 1.807) is 18.3 Å². The Morgan fingerprint density at radius 2 is 1.93 bits per heavy atom. The molecule has 0 bridgehead atoms. The van der Waals surface area contributed by atoms with Crippen LogP contribution in [0.2, 0.25) is 5.02 Å². The predicted molar refractivity (Wildman–Crippen MR) is 110 cm³/mol. The van der Waals surface area contributed by atoms with Gasteiger partial charge in [0, 0.05) is 27.7 Å². The number of nitrogens with one attached hydrogen (secondary N) is 1. The molecule has 4 aromatic rings. The quantitative estimate of drug-likeness (QED) is 0.399. The predicted octanol–water partition coefficient (Wildman–Crippen LogP) is 4.79. The molecular formula is C20H15ClN4OS. The summed E-state index contributed by atoms with van der Waals surface area (Å²) in [5.74, 6) is -0.259. The van der Waals surface area contributed by atoms with Crippen molar-refractivity contribution in [1.82, 2.24) is 14.8 Å². The highest BCUT2D eigenvalue weighted by Crippen LogP contribution is 2.26. The number of aromatic nitrogens is 2. The van der Waals surface area contributed by atoms with Gasteiger partial charge in [0.2, 0.25) is 0 Å². The molecule has 0 spiro atoms. The summed E-state index contributed by atoms with van der Waals surface area (Å²) in [6.45, 7) is 1.98. The zero-order valence-corrected chi connectivity index (χ0v) is 16.0. The molecule has 0 saturated carbocycles. The average Bonchev–Trinajstić information content (AvgIpc) is 3.25. The van der Waals surface area contributed by atoms with Gasteiger partial charge in [-0.2, -0.15) is 5.10 Å². The lowest BCUT2D eigenvalue weighted by Crippen LogP contribution is -2.17. The van der Waals surface area contributed by atoms with E-state index in [9.17, 15) is 4.79 Å². The molecule has 7 heteroatoms. The molecule has 4 rings (SSSR count). The van der Waals surface area contributed by atoms with Crippen LogP contribution in [0.15, 0.2) is 65.2 Å². The van der Waals surface area contributed by atoms with Gasteiger partial charge in [0.05, 0.1) is 17.6 Å². The number of nitrogens with zero attached hydrogens (tertiary/aromatic N) is 3. The molecule has 134 valence electrons. The van der Waals surface area contributed by atoms with E-state index in [2.05, 4.69) is 15.5 Å². The first-order valence-corrected chi connectivity index (χ1v) is 9.49. The van der Waals surface area contributed by atoms with Gasteiger partial charge in [-0.3, -0.25) is 9.20 Å². The van der Waals surface area contributed by atoms with E-state index in [0.717, 1.165) is 27.5 Å². The first kappa shape index (κ1) is 17.5. The van der Waals surface area contributed by atoms with E-state index in [-0.39, 0.29) is 5.91 Å². The number of fused-ring (bicyclic) bond motifs is 1. The number of rotatable bonds is 4. The lowest BCUT2D eigenvalue weighted by Gasteiger charge is -2.02. The number of aryl methyl sites for hydroxylation is 1. The molecule has 5 nitrogen and oxygen atoms in total. The molecular weight excluding hydrogens is 380 g/mol. The fraction of sp³-hybridized carbons (Fsp3) is 0.0500. The molecule has 0 aliphatic heterocycles. The molecule has 0 radical (unpaired) electrons. The van der Waals surface area contributed by atoms with Crippen LogP contribution in [0.3, 0.4) is 0 Å². The van der Waals surface area contributed by atoms with Gasteiger partial charge in [-0.15, -0.1) is 11.3 Å². The van der Waals surface area contributed by atoms with Gasteiger partial charge >= 0.3 is 0 Å². The molecule has 0 atom stereocenters. The summed E-state index contributed by atoms with van der Waals surface area (Å²) in [5, 5.41) is 6.76. The Bertz CT molecular complexity index is 1130. The van der Waals surface area contributed by atoms with Crippen molar-refractivity contribution >= 4 is 40.0 Å². The fourth-order valence-corrected chi connectivity index (χ4v) is 3.52. The maximum Gasteiger partial charge on any atom is 0.271 e. The molecule has 0 saturated heterocycles. The van der Waals surface area contributed by atoms with Crippen molar-refractivity contribution in [3.63, 3.8) is 0 Å². The van der Waals surface area contributed by atoms with Crippen LogP contribution in [0.1, 0.15) is 21.6 Å². The number of imidazole rings is 1. The first-order valence-electron chi connectivity index (χ1n) is 8.23. The van der Waals surface area contributed by atoms with E-state index >= 15 is 0 Å². The van der Waals surface area contributed by atoms with E-state index in [0.29, 0.717) is 10.6 Å². The van der Waals surface area contributed by atoms with Gasteiger partial charge < -0.3 is 0 Å². The number of carbonyl (C=O) groups excluding carboxylic acids is 1. The van der Waals surface area contributed by atoms with Gasteiger partial charge in [-0.05, 0) is 31.2 Å². The van der Waals surface area contributed by atoms with Crippen molar-refractivity contribution in [3.05, 3.63) is 82.0 Å². The fourth-order valence-electron chi connectivity index (χ4n) is 2.67. The number of hydrogen-bond acceptors (Lipinski definition) is 4. The molecule has 2 heterocycles. The van der Waals surface area contributed by atoms with Crippen molar-refractivity contribution in [2.24, 2.45) is 5.10 Å². The Morgan fingerprint density at radius 1 is 1.19 bits per heavy atom. The second-order valence-corrected chi connectivity index (χ2v) is 7.28. The number of benzene rings is 2. The van der Waals surface area contributed by atoms with Gasteiger partial charge in [0.1, 0.15) is 0 Å². The number of thiazole rings is 1. The minimum absolute atomic E-state index is 0.259. The molecule has 2 aromatic carbocycles. The Labute approximate surface area is 164 Å². The number of hydrazone groups is 1. The van der Waals surface area contributed by atoms with E-state index in [4.69, 9.17) is 11.6 Å². The van der Waals surface area contributed by atoms with Crippen molar-refractivity contribution in [3.8, 4) is 11.3 Å². The SMILES string of the molecule is Cc1ccc(C(=O)N/N=C/c2c(-c3ccc(Cl)cc3)nc3sccn23)cc1. The molecule has 0 aliphatic carbocycles. The number of carbonyl (C=O) groups is 1. The van der Waals surface area contributed by atoms with Crippen LogP contribution in [0.25, 0.3) is 16.2 Å². The number of amides is 1. The Balaban J connectivity index is 1.62. The van der Waals surface area contributed by atoms with Crippen LogP contribution in [0.5, 0.6) is 0 Å². The minimum Gasteiger partial charge on any atom is -0.289 e. The summed E-state index contributed by atoms with van der Waals surface area (Å²) in [7, 11) is 0. The van der Waals surface area contributed by atoms with Crippen molar-refractivity contribution in [2.45, 2.75) is 6.92 Å². The Hall–Kier alpha value is -2.96. The van der Waals surface area contributed by atoms with Crippen molar-refractivity contribution in [2.75, 3.05) is 0 Å². The lowest BCUT2D eigenvalue weighted by atomic mass is 10.1. The average molecular weight is 395 g/mol. The monoisotopic (exact) mass is 394 g/mol. The maximum atomic E-state index is 12.2. The first-order chi connectivity index (χ1) is 13.1. The van der Waals surface area contributed by atoms with E-state index < -0.39 is 0 Å². The zero-order chi connectivity index (χ0) is 18.8. The summed E-state index contributed by atoms with van der Waals surface area (Å²) in [6.07, 6.45) is 3.54. The van der Waals surface area contributed by atoms with Crippen molar-refractivity contribution in [1.29, 1.82) is 0 Å². The summed E-state index contributed by atoms with van der Waals surface area (Å²) in [4.78, 5) is 17.8. The summed E-state index contributed by atoms with van der Waals surface area (Å²) >= 11 is 7.52. The highest BCUT2D eigenvalue weighted by molar-refractivity contribution is 7.15. The summed E-state index contributed by atoms with van der Waals surface area (Å²) in [5.41, 5.74) is 6.74. The second kappa shape index (κ2) is 7.34. The highest BCUT2D eigenvalue weighted by Gasteiger charge is 2.13. The van der Waals surface area contributed by atoms with Crippen LogP contribution < -0.4 is 5.43 Å². The highest BCUT2D eigenvalue weighted by atomic mass is 35.5. The molecule has 1 N–H and O–H groups in total.